The fourth-order valence-electron chi connectivity index (χ4n) is 4.95. The molecule has 0 unspecified atom stereocenters. The zero-order valence-electron chi connectivity index (χ0n) is 21.6. The van der Waals surface area contributed by atoms with Gasteiger partial charge in [0.25, 0.3) is 0 Å². The molecule has 0 saturated heterocycles. The molecule has 6 heteroatoms. The van der Waals surface area contributed by atoms with Crippen molar-refractivity contribution in [2.45, 2.75) is 25.7 Å². The summed E-state index contributed by atoms with van der Waals surface area (Å²) in [6.45, 7) is 0.578. The molecule has 6 nitrogen and oxygen atoms in total. The van der Waals surface area contributed by atoms with Crippen molar-refractivity contribution in [1.29, 1.82) is 0 Å². The van der Waals surface area contributed by atoms with E-state index >= 15 is 0 Å². The van der Waals surface area contributed by atoms with Crippen LogP contribution in [0.15, 0.2) is 72.8 Å². The quantitative estimate of drug-likeness (QED) is 0.260. The van der Waals surface area contributed by atoms with Crippen molar-refractivity contribution in [1.82, 2.24) is 0 Å². The molecule has 0 radical (unpaired) electrons. The van der Waals surface area contributed by atoms with E-state index in [4.69, 9.17) is 28.4 Å². The first-order chi connectivity index (χ1) is 18.7. The third kappa shape index (κ3) is 5.21. The highest BCUT2D eigenvalue weighted by Crippen LogP contribution is 2.35. The standard InChI is InChI=1S/C32H30O6/c1-33-27-13-23(5-3-21-7-9-29-31(15-21)37-19-35-29)11-25(17-27)26-12-24(14-28(18-26)34-2)6-4-22-8-10-30-32(16-22)38-20-36-30/h7-18H,3-6,19-20H2,1-2H3. The summed E-state index contributed by atoms with van der Waals surface area (Å²) >= 11 is 0. The normalized spacial score (nSPS) is 13.0. The Morgan fingerprint density at radius 2 is 0.895 bits per heavy atom. The first kappa shape index (κ1) is 24.0. The van der Waals surface area contributed by atoms with E-state index in [1.54, 1.807) is 14.2 Å². The van der Waals surface area contributed by atoms with Crippen molar-refractivity contribution >= 4 is 0 Å². The summed E-state index contributed by atoms with van der Waals surface area (Å²) in [6, 6.07) is 25.2. The molecule has 38 heavy (non-hydrogen) atoms. The molecule has 6 rings (SSSR count). The maximum atomic E-state index is 5.67. The predicted octanol–water partition coefficient (Wildman–Crippen LogP) is 6.40. The summed E-state index contributed by atoms with van der Waals surface area (Å²) in [5.41, 5.74) is 7.06. The first-order valence-electron chi connectivity index (χ1n) is 12.8. The van der Waals surface area contributed by atoms with E-state index in [2.05, 4.69) is 60.7 Å². The molecule has 0 spiro atoms. The summed E-state index contributed by atoms with van der Waals surface area (Å²) in [6.07, 6.45) is 3.54. The molecule has 2 aliphatic rings. The third-order valence-electron chi connectivity index (χ3n) is 7.02. The Morgan fingerprint density at radius 3 is 1.34 bits per heavy atom. The van der Waals surface area contributed by atoms with Crippen molar-refractivity contribution in [3.8, 4) is 45.6 Å². The van der Waals surface area contributed by atoms with E-state index in [1.165, 1.54) is 22.3 Å². The summed E-state index contributed by atoms with van der Waals surface area (Å²) in [7, 11) is 3.42. The zero-order valence-corrected chi connectivity index (χ0v) is 21.6. The minimum absolute atomic E-state index is 0.289. The molecule has 0 N–H and O–H groups in total. The molecule has 0 aromatic heterocycles. The van der Waals surface area contributed by atoms with Crippen molar-refractivity contribution in [2.75, 3.05) is 27.8 Å². The second-order valence-electron chi connectivity index (χ2n) is 9.51. The second-order valence-corrected chi connectivity index (χ2v) is 9.51. The van der Waals surface area contributed by atoms with Gasteiger partial charge < -0.3 is 28.4 Å². The minimum atomic E-state index is 0.289. The van der Waals surface area contributed by atoms with Gasteiger partial charge in [-0.05, 0) is 108 Å². The Bertz CT molecular complexity index is 1350. The molecule has 0 aliphatic carbocycles. The largest absolute Gasteiger partial charge is 0.497 e. The van der Waals surface area contributed by atoms with Crippen LogP contribution in [0, 0.1) is 0 Å². The van der Waals surface area contributed by atoms with Gasteiger partial charge >= 0.3 is 0 Å². The van der Waals surface area contributed by atoms with Crippen LogP contribution in [0.1, 0.15) is 22.3 Å². The molecule has 0 amide bonds. The lowest BCUT2D eigenvalue weighted by Gasteiger charge is -2.13. The van der Waals surface area contributed by atoms with Crippen LogP contribution >= 0.6 is 0 Å². The predicted molar refractivity (Wildman–Crippen MR) is 145 cm³/mol. The number of hydrogen-bond donors (Lipinski definition) is 0. The van der Waals surface area contributed by atoms with E-state index in [1.807, 2.05) is 12.1 Å². The number of methoxy groups -OCH3 is 2. The van der Waals surface area contributed by atoms with E-state index in [0.717, 1.165) is 71.3 Å². The van der Waals surface area contributed by atoms with Crippen LogP contribution in [0.2, 0.25) is 0 Å². The number of rotatable bonds is 9. The first-order valence-corrected chi connectivity index (χ1v) is 12.8. The van der Waals surface area contributed by atoms with Crippen molar-refractivity contribution in [3.05, 3.63) is 95.1 Å². The molecular weight excluding hydrogens is 480 g/mol. The van der Waals surface area contributed by atoms with Crippen LogP contribution in [-0.2, 0) is 25.7 Å². The lowest BCUT2D eigenvalue weighted by Crippen LogP contribution is -1.96. The van der Waals surface area contributed by atoms with Gasteiger partial charge in [-0.25, -0.2) is 0 Å². The zero-order chi connectivity index (χ0) is 25.9. The lowest BCUT2D eigenvalue weighted by molar-refractivity contribution is 0.173. The van der Waals surface area contributed by atoms with E-state index in [0.29, 0.717) is 0 Å². The Hall–Kier alpha value is -4.32. The minimum Gasteiger partial charge on any atom is -0.497 e. The third-order valence-corrected chi connectivity index (χ3v) is 7.02. The highest BCUT2D eigenvalue weighted by Gasteiger charge is 2.15. The van der Waals surface area contributed by atoms with Gasteiger partial charge in [0.2, 0.25) is 13.6 Å². The smallest absolute Gasteiger partial charge is 0.231 e. The fraction of sp³-hybridized carbons (Fsp3) is 0.250. The SMILES string of the molecule is COc1cc(CCc2ccc3c(c2)OCO3)cc(-c2cc(CCc3ccc4c(c3)OCO4)cc(OC)c2)c1. The maximum Gasteiger partial charge on any atom is 0.231 e. The second kappa shape index (κ2) is 10.6. The number of fused-ring (bicyclic) bond motifs is 2. The molecule has 4 aromatic rings. The molecule has 0 fully saturated rings. The summed E-state index contributed by atoms with van der Waals surface area (Å²) in [4.78, 5) is 0. The van der Waals surface area contributed by atoms with Crippen LogP contribution in [0.5, 0.6) is 34.5 Å². The van der Waals surface area contributed by atoms with Crippen molar-refractivity contribution in [2.24, 2.45) is 0 Å². The van der Waals surface area contributed by atoms with E-state index in [9.17, 15) is 0 Å². The van der Waals surface area contributed by atoms with Crippen LogP contribution in [0.25, 0.3) is 11.1 Å². The summed E-state index contributed by atoms with van der Waals surface area (Å²) in [5.74, 6) is 4.94. The van der Waals surface area contributed by atoms with Gasteiger partial charge in [0.15, 0.2) is 23.0 Å². The van der Waals surface area contributed by atoms with E-state index in [-0.39, 0.29) is 13.6 Å². The average Bonchev–Trinajstić information content (AvgIpc) is 3.63. The number of ether oxygens (including phenoxy) is 6. The molecule has 0 saturated carbocycles. The number of benzene rings is 4. The maximum absolute atomic E-state index is 5.67. The molecule has 0 bridgehead atoms. The van der Waals surface area contributed by atoms with Gasteiger partial charge in [-0.3, -0.25) is 0 Å². The fourth-order valence-corrected chi connectivity index (χ4v) is 4.95. The van der Waals surface area contributed by atoms with Gasteiger partial charge in [-0.1, -0.05) is 24.3 Å². The summed E-state index contributed by atoms with van der Waals surface area (Å²) < 4.78 is 33.3. The van der Waals surface area contributed by atoms with Crippen LogP contribution in [0.3, 0.4) is 0 Å². The summed E-state index contributed by atoms with van der Waals surface area (Å²) in [5, 5.41) is 0. The highest BCUT2D eigenvalue weighted by atomic mass is 16.7. The average molecular weight is 511 g/mol. The van der Waals surface area contributed by atoms with Gasteiger partial charge in [0.05, 0.1) is 14.2 Å². The van der Waals surface area contributed by atoms with Crippen LogP contribution < -0.4 is 28.4 Å². The molecular formula is C32H30O6. The van der Waals surface area contributed by atoms with Gasteiger partial charge in [-0.15, -0.1) is 0 Å². The van der Waals surface area contributed by atoms with Crippen LogP contribution in [0.4, 0.5) is 0 Å². The Kier molecular flexibility index (Phi) is 6.69. The van der Waals surface area contributed by atoms with Gasteiger partial charge in [0.1, 0.15) is 11.5 Å². The van der Waals surface area contributed by atoms with E-state index < -0.39 is 0 Å². The monoisotopic (exact) mass is 510 g/mol. The Labute approximate surface area is 222 Å². The molecule has 2 heterocycles. The topological polar surface area (TPSA) is 55.4 Å². The Morgan fingerprint density at radius 1 is 0.474 bits per heavy atom. The molecule has 2 aliphatic heterocycles. The van der Waals surface area contributed by atoms with Gasteiger partial charge in [-0.2, -0.15) is 0 Å². The molecule has 194 valence electrons. The molecule has 4 aromatic carbocycles. The van der Waals surface area contributed by atoms with Crippen molar-refractivity contribution < 1.29 is 28.4 Å². The number of aryl methyl sites for hydroxylation is 4. The van der Waals surface area contributed by atoms with Gasteiger partial charge in [0, 0.05) is 0 Å². The molecule has 0 atom stereocenters. The highest BCUT2D eigenvalue weighted by molar-refractivity contribution is 5.69. The Balaban J connectivity index is 1.22. The van der Waals surface area contributed by atoms with Crippen LogP contribution in [-0.4, -0.2) is 27.8 Å². The van der Waals surface area contributed by atoms with Crippen molar-refractivity contribution in [3.63, 3.8) is 0 Å². The number of hydrogen-bond acceptors (Lipinski definition) is 6. The lowest BCUT2D eigenvalue weighted by atomic mass is 9.95.